The monoisotopic (exact) mass is 245 g/mol. The molecule has 1 heteroatoms. The van der Waals surface area contributed by atoms with E-state index in [-0.39, 0.29) is 0 Å². The van der Waals surface area contributed by atoms with Crippen LogP contribution in [-0.4, -0.2) is 16.5 Å². The van der Waals surface area contributed by atoms with Gasteiger partial charge in [-0.2, -0.15) is 0 Å². The van der Waals surface area contributed by atoms with Crippen LogP contribution in [0.1, 0.15) is 58.1 Å². The summed E-state index contributed by atoms with van der Waals surface area (Å²) in [4.78, 5) is 2.73. The van der Waals surface area contributed by atoms with Gasteiger partial charge in [-0.3, -0.25) is 4.90 Å². The van der Waals surface area contributed by atoms with Gasteiger partial charge in [0.2, 0.25) is 0 Å². The summed E-state index contributed by atoms with van der Waals surface area (Å²) in [5, 5.41) is 0. The van der Waals surface area contributed by atoms with Crippen molar-refractivity contribution in [2.75, 3.05) is 0 Å². The van der Waals surface area contributed by atoms with E-state index in [4.69, 9.17) is 0 Å². The highest BCUT2D eigenvalue weighted by atomic mass is 15.2. The zero-order valence-corrected chi connectivity index (χ0v) is 12.4. The lowest BCUT2D eigenvalue weighted by Crippen LogP contribution is -2.52. The van der Waals surface area contributed by atoms with Gasteiger partial charge in [0.15, 0.2) is 0 Å². The van der Waals surface area contributed by atoms with Crippen molar-refractivity contribution in [1.82, 2.24) is 4.90 Å². The molecule has 0 amide bonds. The first-order chi connectivity index (χ1) is 8.58. The van der Waals surface area contributed by atoms with E-state index in [1.165, 1.54) is 31.2 Å². The molecule has 100 valence electrons. The van der Waals surface area contributed by atoms with E-state index in [2.05, 4.69) is 56.9 Å². The fraction of sp³-hybridized carbons (Fsp3) is 0.647. The molecule has 0 fully saturated rings. The van der Waals surface area contributed by atoms with Gasteiger partial charge in [-0.1, -0.05) is 44.5 Å². The van der Waals surface area contributed by atoms with E-state index < -0.39 is 0 Å². The predicted octanol–water partition coefficient (Wildman–Crippen LogP) is 4.40. The highest BCUT2D eigenvalue weighted by Crippen LogP contribution is 2.33. The fourth-order valence-electron chi connectivity index (χ4n) is 3.42. The average molecular weight is 245 g/mol. The van der Waals surface area contributed by atoms with E-state index in [1.807, 2.05) is 0 Å². The summed E-state index contributed by atoms with van der Waals surface area (Å²) in [5.41, 5.74) is 3.42. The summed E-state index contributed by atoms with van der Waals surface area (Å²) in [5.74, 6) is 0. The lowest BCUT2D eigenvalue weighted by Gasteiger charge is -2.47. The topological polar surface area (TPSA) is 3.24 Å². The minimum absolute atomic E-state index is 0.322. The molecule has 0 bridgehead atoms. The lowest BCUT2D eigenvalue weighted by molar-refractivity contribution is 0.0413. The number of hydrogen-bond donors (Lipinski definition) is 0. The van der Waals surface area contributed by atoms with Gasteiger partial charge in [-0.25, -0.2) is 0 Å². The third-order valence-corrected chi connectivity index (χ3v) is 4.47. The first-order valence-corrected chi connectivity index (χ1v) is 7.42. The highest BCUT2D eigenvalue weighted by molar-refractivity contribution is 5.30. The number of hydrogen-bond acceptors (Lipinski definition) is 1. The second-order valence-corrected chi connectivity index (χ2v) is 6.23. The van der Waals surface area contributed by atoms with Crippen LogP contribution >= 0.6 is 0 Å². The largest absolute Gasteiger partial charge is 0.291 e. The third kappa shape index (κ3) is 2.61. The molecule has 2 rings (SSSR count). The average Bonchev–Trinajstić information content (AvgIpc) is 2.37. The predicted molar refractivity (Wildman–Crippen MR) is 78.8 cm³/mol. The molecule has 0 radical (unpaired) electrons. The Hall–Kier alpha value is -0.820. The van der Waals surface area contributed by atoms with Crippen LogP contribution in [0.5, 0.6) is 0 Å². The van der Waals surface area contributed by atoms with E-state index in [0.29, 0.717) is 11.6 Å². The Labute approximate surface area is 112 Å². The lowest BCUT2D eigenvalue weighted by atomic mass is 9.86. The zero-order chi connectivity index (χ0) is 13.2. The van der Waals surface area contributed by atoms with Crippen LogP contribution < -0.4 is 0 Å². The Morgan fingerprint density at radius 1 is 1.17 bits per heavy atom. The van der Waals surface area contributed by atoms with Crippen LogP contribution in [0.2, 0.25) is 0 Å². The summed E-state index contributed by atoms with van der Waals surface area (Å²) in [6.07, 6.45) is 5.02. The van der Waals surface area contributed by atoms with Crippen LogP contribution in [0.15, 0.2) is 24.3 Å². The Morgan fingerprint density at radius 2 is 1.83 bits per heavy atom. The van der Waals surface area contributed by atoms with Crippen LogP contribution in [0.4, 0.5) is 0 Å². The van der Waals surface area contributed by atoms with Crippen LogP contribution in [-0.2, 0) is 13.0 Å². The number of rotatable bonds is 4. The molecule has 1 heterocycles. The highest BCUT2D eigenvalue weighted by Gasteiger charge is 2.34. The van der Waals surface area contributed by atoms with E-state index in [1.54, 1.807) is 5.56 Å². The van der Waals surface area contributed by atoms with Crippen molar-refractivity contribution in [2.24, 2.45) is 0 Å². The number of benzene rings is 1. The Bertz CT molecular complexity index is 394. The molecule has 0 saturated heterocycles. The summed E-state index contributed by atoms with van der Waals surface area (Å²) < 4.78 is 0. The van der Waals surface area contributed by atoms with Gasteiger partial charge in [0.25, 0.3) is 0 Å². The van der Waals surface area contributed by atoms with Gasteiger partial charge in [0, 0.05) is 18.1 Å². The van der Waals surface area contributed by atoms with Crippen molar-refractivity contribution in [3.8, 4) is 0 Å². The van der Waals surface area contributed by atoms with Crippen LogP contribution in [0.3, 0.4) is 0 Å². The Balaban J connectivity index is 2.26. The van der Waals surface area contributed by atoms with Crippen LogP contribution in [0.25, 0.3) is 0 Å². The van der Waals surface area contributed by atoms with Gasteiger partial charge >= 0.3 is 0 Å². The van der Waals surface area contributed by atoms with Gasteiger partial charge in [0.05, 0.1) is 0 Å². The molecule has 0 N–H and O–H groups in total. The van der Waals surface area contributed by atoms with Gasteiger partial charge in [-0.05, 0) is 44.2 Å². The second kappa shape index (κ2) is 5.44. The van der Waals surface area contributed by atoms with Crippen molar-refractivity contribution in [3.63, 3.8) is 0 Å². The van der Waals surface area contributed by atoms with Crippen molar-refractivity contribution in [3.05, 3.63) is 35.4 Å². The maximum atomic E-state index is 2.73. The summed E-state index contributed by atoms with van der Waals surface area (Å²) in [7, 11) is 0. The quantitative estimate of drug-likeness (QED) is 0.760. The first kappa shape index (κ1) is 13.6. The standard InChI is InChI=1S/C17H27N/c1-5-11-17(3,4)18-13-15-10-8-7-9-14(15)12-16(18)6-2/h7-10,16H,5-6,11-13H2,1-4H3. The Morgan fingerprint density at radius 3 is 2.44 bits per heavy atom. The molecule has 1 atom stereocenters. The maximum absolute atomic E-state index is 2.73. The minimum Gasteiger partial charge on any atom is -0.291 e. The minimum atomic E-state index is 0.322. The van der Waals surface area contributed by atoms with Crippen LogP contribution in [0, 0.1) is 0 Å². The summed E-state index contributed by atoms with van der Waals surface area (Å²) >= 11 is 0. The van der Waals surface area contributed by atoms with Crippen molar-refractivity contribution >= 4 is 0 Å². The molecule has 1 unspecified atom stereocenters. The van der Waals surface area contributed by atoms with Crippen molar-refractivity contribution < 1.29 is 0 Å². The molecular formula is C17H27N. The maximum Gasteiger partial charge on any atom is 0.0244 e. The number of nitrogens with zero attached hydrogens (tertiary/aromatic N) is 1. The Kier molecular flexibility index (Phi) is 4.11. The molecule has 0 aliphatic carbocycles. The second-order valence-electron chi connectivity index (χ2n) is 6.23. The molecule has 1 nitrogen and oxygen atoms in total. The molecular weight excluding hydrogens is 218 g/mol. The van der Waals surface area contributed by atoms with Crippen molar-refractivity contribution in [1.29, 1.82) is 0 Å². The number of fused-ring (bicyclic) bond motifs is 1. The smallest absolute Gasteiger partial charge is 0.0244 e. The molecule has 18 heavy (non-hydrogen) atoms. The summed E-state index contributed by atoms with van der Waals surface area (Å²) in [6.45, 7) is 10.6. The molecule has 1 aromatic carbocycles. The third-order valence-electron chi connectivity index (χ3n) is 4.47. The fourth-order valence-corrected chi connectivity index (χ4v) is 3.42. The first-order valence-electron chi connectivity index (χ1n) is 7.42. The zero-order valence-electron chi connectivity index (χ0n) is 12.4. The van der Waals surface area contributed by atoms with Crippen molar-refractivity contribution in [2.45, 2.75) is 71.5 Å². The van der Waals surface area contributed by atoms with E-state index in [0.717, 1.165) is 6.54 Å². The molecule has 1 aliphatic rings. The van der Waals surface area contributed by atoms with Gasteiger partial charge in [-0.15, -0.1) is 0 Å². The SMILES string of the molecule is CCCC(C)(C)N1Cc2ccccc2CC1CC. The molecule has 0 aromatic heterocycles. The van der Waals surface area contributed by atoms with Gasteiger partial charge in [0.1, 0.15) is 0 Å². The van der Waals surface area contributed by atoms with Gasteiger partial charge < -0.3 is 0 Å². The molecule has 1 aliphatic heterocycles. The van der Waals surface area contributed by atoms with E-state index >= 15 is 0 Å². The van der Waals surface area contributed by atoms with E-state index in [9.17, 15) is 0 Å². The normalized spacial score (nSPS) is 20.8. The molecule has 0 spiro atoms. The molecule has 0 saturated carbocycles. The summed E-state index contributed by atoms with van der Waals surface area (Å²) in [6, 6.07) is 9.67. The molecule has 1 aromatic rings.